The van der Waals surface area contributed by atoms with Gasteiger partial charge in [0.05, 0.1) is 6.54 Å². The summed E-state index contributed by atoms with van der Waals surface area (Å²) < 4.78 is 2.17. The quantitative estimate of drug-likeness (QED) is 0.327. The lowest BCUT2D eigenvalue weighted by Gasteiger charge is -2.34. The van der Waals surface area contributed by atoms with E-state index in [1.165, 1.54) is 0 Å². The molecule has 2 heterocycles. The van der Waals surface area contributed by atoms with Gasteiger partial charge in [-0.15, -0.1) is 0 Å². The zero-order valence-electron chi connectivity index (χ0n) is 11.4. The Balaban J connectivity index is 1.70. The van der Waals surface area contributed by atoms with Crippen molar-refractivity contribution in [3.05, 3.63) is 18.2 Å². The number of piperazine rings is 1. The van der Waals surface area contributed by atoms with Crippen molar-refractivity contribution in [1.82, 2.24) is 19.4 Å². The van der Waals surface area contributed by atoms with Crippen LogP contribution >= 0.6 is 0 Å². The third-order valence-corrected chi connectivity index (χ3v) is 3.56. The van der Waals surface area contributed by atoms with Gasteiger partial charge in [-0.25, -0.2) is 4.98 Å². The Kier molecular flexibility index (Phi) is 4.75. The van der Waals surface area contributed by atoms with Crippen molar-refractivity contribution in [2.75, 3.05) is 39.3 Å². The Morgan fingerprint density at radius 2 is 2.00 bits per heavy atom. The fourth-order valence-corrected chi connectivity index (χ4v) is 2.32. The van der Waals surface area contributed by atoms with Crippen LogP contribution in [0.1, 0.15) is 5.82 Å². The lowest BCUT2D eigenvalue weighted by Crippen LogP contribution is -2.49. The van der Waals surface area contributed by atoms with Gasteiger partial charge in [0, 0.05) is 51.7 Å². The van der Waals surface area contributed by atoms with E-state index in [1.807, 2.05) is 19.3 Å². The molecule has 2 rings (SSSR count). The van der Waals surface area contributed by atoms with E-state index in [4.69, 9.17) is 10.9 Å². The van der Waals surface area contributed by atoms with E-state index in [2.05, 4.69) is 24.5 Å². The van der Waals surface area contributed by atoms with Crippen LogP contribution in [0.15, 0.2) is 17.5 Å². The summed E-state index contributed by atoms with van der Waals surface area (Å²) >= 11 is 0. The Bertz CT molecular complexity index is 422. The number of nitrogens with two attached hydrogens (primary N) is 1. The van der Waals surface area contributed by atoms with Crippen LogP contribution in [0, 0.1) is 6.92 Å². The van der Waals surface area contributed by atoms with E-state index in [-0.39, 0.29) is 5.84 Å². The first-order valence-corrected chi connectivity index (χ1v) is 6.58. The van der Waals surface area contributed by atoms with Gasteiger partial charge in [-0.2, -0.15) is 0 Å². The second-order valence-corrected chi connectivity index (χ2v) is 4.88. The number of hydrogen-bond acceptors (Lipinski definition) is 5. The Labute approximate surface area is 113 Å². The van der Waals surface area contributed by atoms with E-state index in [1.54, 1.807) is 0 Å². The number of aryl methyl sites for hydroxylation is 1. The molecule has 1 aromatic heterocycles. The maximum atomic E-state index is 8.55. The molecule has 3 N–H and O–H groups in total. The summed E-state index contributed by atoms with van der Waals surface area (Å²) in [6.07, 6.45) is 3.86. The topological polar surface area (TPSA) is 82.9 Å². The minimum atomic E-state index is 0.280. The molecular weight excluding hydrogens is 244 g/mol. The highest BCUT2D eigenvalue weighted by Gasteiger charge is 2.17. The van der Waals surface area contributed by atoms with Gasteiger partial charge >= 0.3 is 0 Å². The number of oxime groups is 1. The van der Waals surface area contributed by atoms with Gasteiger partial charge in [-0.3, -0.25) is 9.80 Å². The van der Waals surface area contributed by atoms with E-state index in [0.29, 0.717) is 6.54 Å². The third-order valence-electron chi connectivity index (χ3n) is 3.56. The van der Waals surface area contributed by atoms with Crippen molar-refractivity contribution >= 4 is 5.84 Å². The number of aromatic nitrogens is 2. The Morgan fingerprint density at radius 1 is 1.32 bits per heavy atom. The Hall–Kier alpha value is -1.60. The second kappa shape index (κ2) is 6.53. The zero-order valence-corrected chi connectivity index (χ0v) is 11.4. The van der Waals surface area contributed by atoms with Crippen LogP contribution in [0.2, 0.25) is 0 Å². The van der Waals surface area contributed by atoms with Crippen LogP contribution in [0.3, 0.4) is 0 Å². The van der Waals surface area contributed by atoms with Gasteiger partial charge < -0.3 is 15.5 Å². The van der Waals surface area contributed by atoms with E-state index < -0.39 is 0 Å². The maximum Gasteiger partial charge on any atom is 0.153 e. The lowest BCUT2D eigenvalue weighted by molar-refractivity contribution is 0.140. The maximum absolute atomic E-state index is 8.55. The molecule has 0 unspecified atom stereocenters. The van der Waals surface area contributed by atoms with Crippen LogP contribution in [0.5, 0.6) is 0 Å². The first-order chi connectivity index (χ1) is 9.19. The van der Waals surface area contributed by atoms with Crippen LogP contribution in [0.4, 0.5) is 0 Å². The number of rotatable bonds is 5. The predicted octanol–water partition coefficient (Wildman–Crippen LogP) is -0.444. The predicted molar refractivity (Wildman–Crippen MR) is 73.3 cm³/mol. The second-order valence-electron chi connectivity index (χ2n) is 4.88. The molecule has 1 aliphatic heterocycles. The number of amidine groups is 1. The molecule has 0 spiro atoms. The average molecular weight is 266 g/mol. The summed E-state index contributed by atoms with van der Waals surface area (Å²) in [6.45, 7) is 8.54. The molecule has 106 valence electrons. The van der Waals surface area contributed by atoms with Gasteiger partial charge in [0.25, 0.3) is 0 Å². The normalized spacial score (nSPS) is 18.9. The van der Waals surface area contributed by atoms with Gasteiger partial charge in [-0.05, 0) is 6.92 Å². The molecule has 1 fully saturated rings. The van der Waals surface area contributed by atoms with Crippen molar-refractivity contribution in [2.45, 2.75) is 13.5 Å². The van der Waals surface area contributed by atoms with Crippen molar-refractivity contribution < 1.29 is 5.21 Å². The molecular formula is C12H22N6O. The van der Waals surface area contributed by atoms with Crippen LogP contribution in [-0.2, 0) is 6.54 Å². The first kappa shape index (κ1) is 13.8. The summed E-state index contributed by atoms with van der Waals surface area (Å²) in [5, 5.41) is 11.6. The molecule has 0 aliphatic carbocycles. The lowest BCUT2D eigenvalue weighted by atomic mass is 10.3. The molecule has 0 bridgehead atoms. The molecule has 0 amide bonds. The Morgan fingerprint density at radius 3 is 2.58 bits per heavy atom. The molecule has 1 aromatic rings. The minimum absolute atomic E-state index is 0.280. The number of imidazole rings is 1. The van der Waals surface area contributed by atoms with Crippen molar-refractivity contribution in [3.63, 3.8) is 0 Å². The number of nitrogens with zero attached hydrogens (tertiary/aromatic N) is 5. The van der Waals surface area contributed by atoms with Crippen molar-refractivity contribution in [2.24, 2.45) is 10.9 Å². The highest BCUT2D eigenvalue weighted by Crippen LogP contribution is 2.03. The molecule has 0 saturated carbocycles. The standard InChI is InChI=1S/C12H22N6O/c1-11-14-2-3-18(11)9-8-16-4-6-17(7-5-16)10-12(13)15-19/h2-3,19H,4-10H2,1H3,(H2,13,15). The molecule has 1 aliphatic rings. The average Bonchev–Trinajstić information content (AvgIpc) is 2.83. The summed E-state index contributed by atoms with van der Waals surface area (Å²) in [6, 6.07) is 0. The number of hydrogen-bond donors (Lipinski definition) is 2. The van der Waals surface area contributed by atoms with E-state index in [0.717, 1.165) is 45.1 Å². The summed E-state index contributed by atoms with van der Waals surface area (Å²) in [7, 11) is 0. The first-order valence-electron chi connectivity index (χ1n) is 6.58. The molecule has 19 heavy (non-hydrogen) atoms. The smallest absolute Gasteiger partial charge is 0.153 e. The highest BCUT2D eigenvalue weighted by atomic mass is 16.4. The van der Waals surface area contributed by atoms with Gasteiger partial charge in [-0.1, -0.05) is 5.16 Å². The molecule has 7 nitrogen and oxygen atoms in total. The molecule has 0 atom stereocenters. The zero-order chi connectivity index (χ0) is 13.7. The van der Waals surface area contributed by atoms with Crippen molar-refractivity contribution in [1.29, 1.82) is 0 Å². The van der Waals surface area contributed by atoms with Gasteiger partial charge in [0.2, 0.25) is 0 Å². The van der Waals surface area contributed by atoms with Crippen LogP contribution < -0.4 is 5.73 Å². The fraction of sp³-hybridized carbons (Fsp3) is 0.667. The molecule has 0 aromatic carbocycles. The monoisotopic (exact) mass is 266 g/mol. The van der Waals surface area contributed by atoms with Crippen LogP contribution in [0.25, 0.3) is 0 Å². The summed E-state index contributed by atoms with van der Waals surface area (Å²) in [5.74, 6) is 1.34. The minimum Gasteiger partial charge on any atom is -0.409 e. The molecule has 7 heteroatoms. The highest BCUT2D eigenvalue weighted by molar-refractivity contribution is 5.81. The van der Waals surface area contributed by atoms with Crippen LogP contribution in [-0.4, -0.2) is 69.7 Å². The molecule has 0 radical (unpaired) electrons. The summed E-state index contributed by atoms with van der Waals surface area (Å²) in [5.41, 5.74) is 5.51. The fourth-order valence-electron chi connectivity index (χ4n) is 2.32. The van der Waals surface area contributed by atoms with Crippen molar-refractivity contribution in [3.8, 4) is 0 Å². The van der Waals surface area contributed by atoms with Gasteiger partial charge in [0.15, 0.2) is 5.84 Å². The molecule has 1 saturated heterocycles. The SMILES string of the molecule is Cc1nccn1CCN1CCN(CC(N)=NO)CC1. The van der Waals surface area contributed by atoms with E-state index >= 15 is 0 Å². The largest absolute Gasteiger partial charge is 0.409 e. The third kappa shape index (κ3) is 3.93. The van der Waals surface area contributed by atoms with E-state index in [9.17, 15) is 0 Å². The summed E-state index contributed by atoms with van der Waals surface area (Å²) in [4.78, 5) is 8.86. The van der Waals surface area contributed by atoms with Gasteiger partial charge in [0.1, 0.15) is 5.82 Å².